The summed E-state index contributed by atoms with van der Waals surface area (Å²) in [5.74, 6) is -2.21. The maximum absolute atomic E-state index is 13.1. The van der Waals surface area contributed by atoms with Crippen molar-refractivity contribution < 1.29 is 23.5 Å². The molecule has 0 aliphatic rings. The lowest BCUT2D eigenvalue weighted by atomic mass is 9.99. The Bertz CT molecular complexity index is 847. The number of amides is 1. The highest BCUT2D eigenvalue weighted by atomic mass is 19.1. The fourth-order valence-corrected chi connectivity index (χ4v) is 2.40. The van der Waals surface area contributed by atoms with Gasteiger partial charge in [0.25, 0.3) is 5.91 Å². The zero-order chi connectivity index (χ0) is 19.3. The second-order valence-electron chi connectivity index (χ2n) is 6.01. The van der Waals surface area contributed by atoms with Gasteiger partial charge in [-0.3, -0.25) is 14.4 Å². The molecule has 0 bridgehead atoms. The second kappa shape index (κ2) is 8.38. The molecule has 0 aliphatic carbocycles. The molecule has 1 N–H and O–H groups in total. The minimum Gasteiger partial charge on any atom is -0.453 e. The van der Waals surface area contributed by atoms with Crippen LogP contribution in [0.15, 0.2) is 42.5 Å². The van der Waals surface area contributed by atoms with E-state index in [4.69, 9.17) is 4.74 Å². The number of aryl methyl sites for hydroxylation is 2. The third-order valence-electron chi connectivity index (χ3n) is 3.82. The van der Waals surface area contributed by atoms with Gasteiger partial charge in [-0.05, 0) is 50.6 Å². The molecule has 0 heterocycles. The summed E-state index contributed by atoms with van der Waals surface area (Å²) in [5.41, 5.74) is 2.31. The van der Waals surface area contributed by atoms with E-state index < -0.39 is 30.3 Å². The molecule has 136 valence electrons. The Morgan fingerprint density at radius 2 is 1.85 bits per heavy atom. The third-order valence-corrected chi connectivity index (χ3v) is 3.82. The van der Waals surface area contributed by atoms with Gasteiger partial charge in [-0.25, -0.2) is 4.39 Å². The van der Waals surface area contributed by atoms with Gasteiger partial charge in [0, 0.05) is 11.1 Å². The first-order valence-corrected chi connectivity index (χ1v) is 8.12. The van der Waals surface area contributed by atoms with Gasteiger partial charge in [-0.2, -0.15) is 0 Å². The van der Waals surface area contributed by atoms with Crippen LogP contribution in [0.25, 0.3) is 0 Å². The van der Waals surface area contributed by atoms with Crippen molar-refractivity contribution in [2.75, 3.05) is 6.54 Å². The largest absolute Gasteiger partial charge is 0.453 e. The maximum Gasteiger partial charge on any atom is 0.326 e. The van der Waals surface area contributed by atoms with Gasteiger partial charge in [0.05, 0.1) is 0 Å². The van der Waals surface area contributed by atoms with Crippen LogP contribution in [-0.2, 0) is 9.53 Å². The maximum atomic E-state index is 13.1. The summed E-state index contributed by atoms with van der Waals surface area (Å²) in [6.07, 6.45) is -0.978. The summed E-state index contributed by atoms with van der Waals surface area (Å²) < 4.78 is 18.2. The predicted octanol–water partition coefficient (Wildman–Crippen LogP) is 2.99. The van der Waals surface area contributed by atoms with Gasteiger partial charge in [0.15, 0.2) is 6.10 Å². The van der Waals surface area contributed by atoms with Crippen LogP contribution in [0, 0.1) is 19.7 Å². The summed E-state index contributed by atoms with van der Waals surface area (Å²) in [6, 6.07) is 10.6. The van der Waals surface area contributed by atoms with E-state index in [9.17, 15) is 18.8 Å². The Balaban J connectivity index is 1.91. The molecule has 0 aliphatic heterocycles. The van der Waals surface area contributed by atoms with Crippen LogP contribution in [0.3, 0.4) is 0 Å². The number of halogens is 1. The quantitative estimate of drug-likeness (QED) is 0.637. The number of nitrogens with one attached hydrogen (secondary N) is 1. The normalized spacial score (nSPS) is 11.5. The SMILES string of the molecule is Cc1ccc(C)c(C(=O)[C@H](C)OC(=O)CNC(=O)c2cccc(F)c2)c1. The first-order valence-electron chi connectivity index (χ1n) is 8.12. The van der Waals surface area contributed by atoms with Crippen LogP contribution in [0.4, 0.5) is 4.39 Å². The van der Waals surface area contributed by atoms with Crippen LogP contribution >= 0.6 is 0 Å². The van der Waals surface area contributed by atoms with E-state index in [1.54, 1.807) is 13.0 Å². The lowest BCUT2D eigenvalue weighted by Crippen LogP contribution is -2.34. The highest BCUT2D eigenvalue weighted by Gasteiger charge is 2.21. The number of ketones is 1. The molecule has 2 aromatic rings. The fraction of sp³-hybridized carbons (Fsp3) is 0.250. The average molecular weight is 357 g/mol. The molecule has 0 saturated carbocycles. The van der Waals surface area contributed by atoms with Crippen LogP contribution in [-0.4, -0.2) is 30.3 Å². The van der Waals surface area contributed by atoms with Crippen molar-refractivity contribution >= 4 is 17.7 Å². The minimum absolute atomic E-state index is 0.0947. The molecule has 0 unspecified atom stereocenters. The smallest absolute Gasteiger partial charge is 0.326 e. The van der Waals surface area contributed by atoms with Gasteiger partial charge in [0.2, 0.25) is 5.78 Å². The first-order chi connectivity index (χ1) is 12.3. The molecule has 2 rings (SSSR count). The number of carbonyl (C=O) groups is 3. The predicted molar refractivity (Wildman–Crippen MR) is 94.5 cm³/mol. The molecule has 0 saturated heterocycles. The standard InChI is InChI=1S/C20H20FNO4/c1-12-7-8-13(2)17(9-12)19(24)14(3)26-18(23)11-22-20(25)15-5-4-6-16(21)10-15/h4-10,14H,11H2,1-3H3,(H,22,25)/t14-/m0/s1. The van der Waals surface area contributed by atoms with Gasteiger partial charge in [-0.1, -0.05) is 23.8 Å². The number of carbonyl (C=O) groups excluding carboxylic acids is 3. The van der Waals surface area contributed by atoms with E-state index in [0.29, 0.717) is 5.56 Å². The van der Waals surface area contributed by atoms with Crippen LogP contribution < -0.4 is 5.32 Å². The molecule has 26 heavy (non-hydrogen) atoms. The number of rotatable bonds is 6. The molecule has 0 radical (unpaired) electrons. The summed E-state index contributed by atoms with van der Waals surface area (Å²) in [4.78, 5) is 36.2. The van der Waals surface area contributed by atoms with Crippen molar-refractivity contribution in [3.63, 3.8) is 0 Å². The van der Waals surface area contributed by atoms with E-state index >= 15 is 0 Å². The van der Waals surface area contributed by atoms with E-state index in [2.05, 4.69) is 5.32 Å². The Kier molecular flexibility index (Phi) is 6.22. The second-order valence-corrected chi connectivity index (χ2v) is 6.01. The molecule has 2 aromatic carbocycles. The summed E-state index contributed by atoms with van der Waals surface area (Å²) in [6.45, 7) is 4.74. The van der Waals surface area contributed by atoms with Crippen molar-refractivity contribution in [2.24, 2.45) is 0 Å². The number of ether oxygens (including phenoxy) is 1. The summed E-state index contributed by atoms with van der Waals surface area (Å²) in [5, 5.41) is 2.34. The van der Waals surface area contributed by atoms with Gasteiger partial charge in [-0.15, -0.1) is 0 Å². The number of benzene rings is 2. The molecule has 1 amide bonds. The molecule has 0 fully saturated rings. The van der Waals surface area contributed by atoms with Gasteiger partial charge >= 0.3 is 5.97 Å². The minimum atomic E-state index is -0.978. The highest BCUT2D eigenvalue weighted by molar-refractivity contribution is 6.01. The lowest BCUT2D eigenvalue weighted by Gasteiger charge is -2.14. The molecule has 0 aromatic heterocycles. The van der Waals surface area contributed by atoms with Crippen LogP contribution in [0.1, 0.15) is 38.8 Å². The van der Waals surface area contributed by atoms with E-state index in [1.165, 1.54) is 25.1 Å². The van der Waals surface area contributed by atoms with Crippen LogP contribution in [0.2, 0.25) is 0 Å². The van der Waals surface area contributed by atoms with Crippen molar-refractivity contribution in [2.45, 2.75) is 26.9 Å². The lowest BCUT2D eigenvalue weighted by molar-refractivity contribution is -0.145. The number of hydrogen-bond acceptors (Lipinski definition) is 4. The van der Waals surface area contributed by atoms with Crippen molar-refractivity contribution in [3.8, 4) is 0 Å². The van der Waals surface area contributed by atoms with E-state index in [-0.39, 0.29) is 11.3 Å². The summed E-state index contributed by atoms with van der Waals surface area (Å²) >= 11 is 0. The molecule has 0 spiro atoms. The van der Waals surface area contributed by atoms with E-state index in [0.717, 1.165) is 17.2 Å². The topological polar surface area (TPSA) is 72.5 Å². The van der Waals surface area contributed by atoms with Crippen molar-refractivity contribution in [3.05, 3.63) is 70.5 Å². The zero-order valence-corrected chi connectivity index (χ0v) is 14.8. The molecule has 6 heteroatoms. The molecular formula is C20H20FNO4. The third kappa shape index (κ3) is 4.99. The fourth-order valence-electron chi connectivity index (χ4n) is 2.40. The van der Waals surface area contributed by atoms with Crippen LogP contribution in [0.5, 0.6) is 0 Å². The Labute approximate surface area is 151 Å². The Morgan fingerprint density at radius 3 is 2.54 bits per heavy atom. The first kappa shape index (κ1) is 19.3. The number of Topliss-reactive ketones (excluding diaryl/α,β-unsaturated/α-hetero) is 1. The Hall–Kier alpha value is -3.02. The van der Waals surface area contributed by atoms with Crippen molar-refractivity contribution in [1.29, 1.82) is 0 Å². The molecule has 5 nitrogen and oxygen atoms in total. The molecular weight excluding hydrogens is 337 g/mol. The summed E-state index contributed by atoms with van der Waals surface area (Å²) in [7, 11) is 0. The van der Waals surface area contributed by atoms with Gasteiger partial charge < -0.3 is 10.1 Å². The average Bonchev–Trinajstić information content (AvgIpc) is 2.61. The highest BCUT2D eigenvalue weighted by Crippen LogP contribution is 2.14. The molecule has 1 atom stereocenters. The Morgan fingerprint density at radius 1 is 1.12 bits per heavy atom. The van der Waals surface area contributed by atoms with Gasteiger partial charge in [0.1, 0.15) is 12.4 Å². The number of hydrogen-bond donors (Lipinski definition) is 1. The monoisotopic (exact) mass is 357 g/mol. The number of esters is 1. The van der Waals surface area contributed by atoms with E-state index in [1.807, 2.05) is 19.1 Å². The van der Waals surface area contributed by atoms with Crippen molar-refractivity contribution in [1.82, 2.24) is 5.32 Å². The zero-order valence-electron chi connectivity index (χ0n) is 14.8.